The van der Waals surface area contributed by atoms with Gasteiger partial charge >= 0.3 is 0 Å². The van der Waals surface area contributed by atoms with Crippen LogP contribution in [0.2, 0.25) is 0 Å². The van der Waals surface area contributed by atoms with E-state index >= 15 is 0 Å². The molecule has 0 bridgehead atoms. The molecule has 3 nitrogen and oxygen atoms in total. The lowest BCUT2D eigenvalue weighted by Gasteiger charge is -2.08. The summed E-state index contributed by atoms with van der Waals surface area (Å²) in [5.41, 5.74) is 0.760. The molecule has 1 aliphatic heterocycles. The number of hydrogen-bond donors (Lipinski definition) is 1. The van der Waals surface area contributed by atoms with Gasteiger partial charge in [-0.05, 0) is 28.9 Å². The second-order valence-corrected chi connectivity index (χ2v) is 3.73. The Bertz CT molecular complexity index is 336. The van der Waals surface area contributed by atoms with Gasteiger partial charge in [-0.3, -0.25) is 0 Å². The minimum absolute atomic E-state index is 0.220. The summed E-state index contributed by atoms with van der Waals surface area (Å²) >= 11 is 3.34. The van der Waals surface area contributed by atoms with E-state index in [1.807, 2.05) is 12.1 Å². The van der Waals surface area contributed by atoms with Crippen LogP contribution in [0.5, 0.6) is 11.5 Å². The Morgan fingerprint density at radius 2 is 2.08 bits per heavy atom. The molecule has 2 rings (SSSR count). The van der Waals surface area contributed by atoms with E-state index in [2.05, 4.69) is 15.9 Å². The summed E-state index contributed by atoms with van der Waals surface area (Å²) in [6, 6.07) is 3.66. The first-order valence-electron chi connectivity index (χ1n) is 3.96. The predicted octanol–water partition coefficient (Wildman–Crippen LogP) is 2.23. The lowest BCUT2D eigenvalue weighted by Crippen LogP contribution is -1.96. The molecule has 0 amide bonds. The topological polar surface area (TPSA) is 38.7 Å². The average molecular weight is 245 g/mol. The lowest BCUT2D eigenvalue weighted by atomic mass is 10.1. The first kappa shape index (κ1) is 8.84. The molecule has 13 heavy (non-hydrogen) atoms. The maximum atomic E-state index is 9.43. The summed E-state index contributed by atoms with van der Waals surface area (Å²) in [6.45, 7) is 1.92. The Morgan fingerprint density at radius 1 is 1.38 bits per heavy atom. The van der Waals surface area contributed by atoms with E-state index in [1.54, 1.807) is 6.92 Å². The molecular weight excluding hydrogens is 236 g/mol. The van der Waals surface area contributed by atoms with Crippen molar-refractivity contribution >= 4 is 15.9 Å². The van der Waals surface area contributed by atoms with Crippen LogP contribution in [-0.2, 0) is 0 Å². The first-order chi connectivity index (χ1) is 6.20. The van der Waals surface area contributed by atoms with Crippen molar-refractivity contribution in [3.05, 3.63) is 22.2 Å². The molecule has 0 saturated heterocycles. The van der Waals surface area contributed by atoms with Gasteiger partial charge in [-0.2, -0.15) is 0 Å². The molecule has 1 atom stereocenters. The van der Waals surface area contributed by atoms with Crippen LogP contribution in [0.4, 0.5) is 0 Å². The quantitative estimate of drug-likeness (QED) is 0.824. The summed E-state index contributed by atoms with van der Waals surface area (Å²) in [7, 11) is 0. The zero-order valence-electron chi connectivity index (χ0n) is 7.08. The number of aliphatic hydroxyl groups excluding tert-OH is 1. The Balaban J connectivity index is 2.56. The summed E-state index contributed by atoms with van der Waals surface area (Å²) in [5, 5.41) is 9.43. The van der Waals surface area contributed by atoms with E-state index < -0.39 is 6.10 Å². The van der Waals surface area contributed by atoms with Crippen LogP contribution in [0.1, 0.15) is 18.6 Å². The molecule has 4 heteroatoms. The van der Waals surface area contributed by atoms with E-state index in [4.69, 9.17) is 9.47 Å². The van der Waals surface area contributed by atoms with Crippen LogP contribution >= 0.6 is 15.9 Å². The van der Waals surface area contributed by atoms with E-state index in [0.29, 0.717) is 11.5 Å². The monoisotopic (exact) mass is 244 g/mol. The molecule has 1 unspecified atom stereocenters. The third-order valence-corrected chi connectivity index (χ3v) is 2.58. The maximum absolute atomic E-state index is 9.43. The number of ether oxygens (including phenoxy) is 2. The minimum atomic E-state index is -0.538. The zero-order chi connectivity index (χ0) is 9.42. The molecule has 1 aliphatic rings. The van der Waals surface area contributed by atoms with Gasteiger partial charge in [-0.1, -0.05) is 6.07 Å². The Morgan fingerprint density at radius 3 is 2.77 bits per heavy atom. The highest BCUT2D eigenvalue weighted by Gasteiger charge is 2.22. The minimum Gasteiger partial charge on any atom is -0.453 e. The van der Waals surface area contributed by atoms with Gasteiger partial charge in [0.2, 0.25) is 6.79 Å². The molecule has 0 fully saturated rings. The van der Waals surface area contributed by atoms with E-state index in [9.17, 15) is 5.11 Å². The summed E-state index contributed by atoms with van der Waals surface area (Å²) in [5.74, 6) is 1.32. The Kier molecular flexibility index (Phi) is 2.17. The number of benzene rings is 1. The molecule has 1 aromatic carbocycles. The molecule has 70 valence electrons. The van der Waals surface area contributed by atoms with Crippen molar-refractivity contribution in [1.29, 1.82) is 0 Å². The van der Waals surface area contributed by atoms with Gasteiger partial charge < -0.3 is 14.6 Å². The smallest absolute Gasteiger partial charge is 0.231 e. The van der Waals surface area contributed by atoms with Gasteiger partial charge in [0, 0.05) is 5.56 Å². The van der Waals surface area contributed by atoms with Crippen molar-refractivity contribution < 1.29 is 14.6 Å². The van der Waals surface area contributed by atoms with Crippen LogP contribution in [0.25, 0.3) is 0 Å². The van der Waals surface area contributed by atoms with Gasteiger partial charge in [0.25, 0.3) is 0 Å². The molecule has 0 aliphatic carbocycles. The van der Waals surface area contributed by atoms with E-state index in [0.717, 1.165) is 10.0 Å². The number of hydrogen-bond acceptors (Lipinski definition) is 3. The normalized spacial score (nSPS) is 15.9. The van der Waals surface area contributed by atoms with Crippen molar-refractivity contribution in [3.8, 4) is 11.5 Å². The largest absolute Gasteiger partial charge is 0.453 e. The Labute approximate surface area is 84.4 Å². The molecule has 0 spiro atoms. The van der Waals surface area contributed by atoms with Crippen LogP contribution in [0, 0.1) is 0 Å². The fourth-order valence-corrected chi connectivity index (χ4v) is 1.74. The van der Waals surface area contributed by atoms with Crippen molar-refractivity contribution in [1.82, 2.24) is 0 Å². The van der Waals surface area contributed by atoms with Crippen molar-refractivity contribution in [2.75, 3.05) is 6.79 Å². The third kappa shape index (κ3) is 1.40. The van der Waals surface area contributed by atoms with E-state index in [1.165, 1.54) is 0 Å². The highest BCUT2D eigenvalue weighted by molar-refractivity contribution is 9.10. The molecule has 1 heterocycles. The van der Waals surface area contributed by atoms with Crippen LogP contribution in [0.3, 0.4) is 0 Å². The maximum Gasteiger partial charge on any atom is 0.231 e. The Hall–Kier alpha value is -0.740. The van der Waals surface area contributed by atoms with Gasteiger partial charge in [0.1, 0.15) is 0 Å². The predicted molar refractivity (Wildman–Crippen MR) is 50.9 cm³/mol. The molecule has 1 N–H and O–H groups in total. The number of aliphatic hydroxyl groups is 1. The van der Waals surface area contributed by atoms with Gasteiger partial charge in [0.15, 0.2) is 11.5 Å². The summed E-state index contributed by atoms with van der Waals surface area (Å²) < 4.78 is 11.4. The second-order valence-electron chi connectivity index (χ2n) is 2.88. The standard InChI is InChI=1S/C9H9BrO3/c1-5(11)6-2-3-7(10)9-8(6)12-4-13-9/h2-3,5,11H,4H2,1H3. The number of halogens is 1. The molecule has 0 saturated carbocycles. The molecule has 0 radical (unpaired) electrons. The fraction of sp³-hybridized carbons (Fsp3) is 0.333. The van der Waals surface area contributed by atoms with Crippen LogP contribution in [-0.4, -0.2) is 11.9 Å². The molecular formula is C9H9BrO3. The molecule has 0 aromatic heterocycles. The fourth-order valence-electron chi connectivity index (χ4n) is 1.31. The number of fused-ring (bicyclic) bond motifs is 1. The third-order valence-electron chi connectivity index (χ3n) is 1.95. The van der Waals surface area contributed by atoms with Crippen molar-refractivity contribution in [2.45, 2.75) is 13.0 Å². The first-order valence-corrected chi connectivity index (χ1v) is 4.75. The van der Waals surface area contributed by atoms with Crippen LogP contribution in [0.15, 0.2) is 16.6 Å². The second kappa shape index (κ2) is 3.20. The molecule has 1 aromatic rings. The van der Waals surface area contributed by atoms with Crippen molar-refractivity contribution in [2.24, 2.45) is 0 Å². The number of rotatable bonds is 1. The SMILES string of the molecule is CC(O)c1ccc(Br)c2c1OCO2. The summed E-state index contributed by atoms with van der Waals surface area (Å²) in [6.07, 6.45) is -0.538. The van der Waals surface area contributed by atoms with Crippen molar-refractivity contribution in [3.63, 3.8) is 0 Å². The van der Waals surface area contributed by atoms with Gasteiger partial charge in [-0.15, -0.1) is 0 Å². The summed E-state index contributed by atoms with van der Waals surface area (Å²) in [4.78, 5) is 0. The zero-order valence-corrected chi connectivity index (χ0v) is 8.67. The highest BCUT2D eigenvalue weighted by Crippen LogP contribution is 2.43. The van der Waals surface area contributed by atoms with Gasteiger partial charge in [0.05, 0.1) is 10.6 Å². The van der Waals surface area contributed by atoms with Crippen LogP contribution < -0.4 is 9.47 Å². The highest BCUT2D eigenvalue weighted by atomic mass is 79.9. The van der Waals surface area contributed by atoms with Gasteiger partial charge in [-0.25, -0.2) is 0 Å². The lowest BCUT2D eigenvalue weighted by molar-refractivity contribution is 0.164. The average Bonchev–Trinajstić information content (AvgIpc) is 2.53. The van der Waals surface area contributed by atoms with E-state index in [-0.39, 0.29) is 6.79 Å².